The fourth-order valence-electron chi connectivity index (χ4n) is 3.92. The third kappa shape index (κ3) is 6.04. The molecular formula is C29H29N3O3S. The summed E-state index contributed by atoms with van der Waals surface area (Å²) in [5.41, 5.74) is 5.67. The highest BCUT2D eigenvalue weighted by Gasteiger charge is 2.32. The van der Waals surface area contributed by atoms with Crippen LogP contribution in [0.5, 0.6) is 0 Å². The Hall–Kier alpha value is -3.84. The molecule has 1 amide bonds. The second kappa shape index (κ2) is 11.7. The number of carbonyl (C=O) groups excluding carboxylic acids is 2. The zero-order chi connectivity index (χ0) is 25.5. The van der Waals surface area contributed by atoms with Gasteiger partial charge in [0.15, 0.2) is 5.17 Å². The molecular weight excluding hydrogens is 470 g/mol. The van der Waals surface area contributed by atoms with Gasteiger partial charge in [0.1, 0.15) is 6.04 Å². The van der Waals surface area contributed by atoms with Gasteiger partial charge in [-0.3, -0.25) is 4.79 Å². The summed E-state index contributed by atoms with van der Waals surface area (Å²) in [7, 11) is 0. The lowest BCUT2D eigenvalue weighted by Gasteiger charge is -2.27. The van der Waals surface area contributed by atoms with Crippen LogP contribution < -0.4 is 10.6 Å². The van der Waals surface area contributed by atoms with Crippen molar-refractivity contribution in [3.05, 3.63) is 107 Å². The quantitative estimate of drug-likeness (QED) is 0.411. The van der Waals surface area contributed by atoms with Crippen LogP contribution in [-0.2, 0) is 14.3 Å². The van der Waals surface area contributed by atoms with Crippen molar-refractivity contribution < 1.29 is 14.3 Å². The molecule has 0 bridgehead atoms. The Bertz CT molecular complexity index is 1300. The summed E-state index contributed by atoms with van der Waals surface area (Å²) < 4.78 is 5.43. The number of esters is 1. The maximum absolute atomic E-state index is 13.1. The topological polar surface area (TPSA) is 79.8 Å². The minimum Gasteiger partial charge on any atom is -0.463 e. The number of rotatable bonds is 7. The molecule has 3 aromatic carbocycles. The van der Waals surface area contributed by atoms with E-state index in [9.17, 15) is 9.59 Å². The van der Waals surface area contributed by atoms with Gasteiger partial charge >= 0.3 is 5.97 Å². The van der Waals surface area contributed by atoms with Gasteiger partial charge in [-0.1, -0.05) is 84.6 Å². The summed E-state index contributed by atoms with van der Waals surface area (Å²) in [5.74, 6) is -0.383. The summed E-state index contributed by atoms with van der Waals surface area (Å²) in [6, 6.07) is 24.7. The minimum absolute atomic E-state index is 0.129. The van der Waals surface area contributed by atoms with E-state index >= 15 is 0 Å². The van der Waals surface area contributed by atoms with Gasteiger partial charge < -0.3 is 15.4 Å². The summed E-state index contributed by atoms with van der Waals surface area (Å²) in [6.07, 6.45) is 0. The SMILES string of the molecule is CCOC(=O)C1=C(c2ccccc2)NC(SCC(=O)Nc2cc(C)ccc2C)=N[C@H]1c1ccccc1. The van der Waals surface area contributed by atoms with Gasteiger partial charge in [0.2, 0.25) is 5.91 Å². The van der Waals surface area contributed by atoms with Crippen molar-refractivity contribution in [1.29, 1.82) is 0 Å². The van der Waals surface area contributed by atoms with E-state index in [2.05, 4.69) is 10.6 Å². The fraction of sp³-hybridized carbons (Fsp3) is 0.207. The zero-order valence-electron chi connectivity index (χ0n) is 20.6. The number of aryl methyl sites for hydroxylation is 2. The maximum Gasteiger partial charge on any atom is 0.338 e. The molecule has 6 nitrogen and oxygen atoms in total. The number of carbonyl (C=O) groups is 2. The number of amidine groups is 1. The highest BCUT2D eigenvalue weighted by molar-refractivity contribution is 8.14. The minimum atomic E-state index is -0.564. The number of anilines is 1. The molecule has 4 rings (SSSR count). The van der Waals surface area contributed by atoms with Crippen molar-refractivity contribution in [2.24, 2.45) is 4.99 Å². The molecule has 0 spiro atoms. The number of nitrogens with zero attached hydrogens (tertiary/aromatic N) is 1. The molecule has 0 aromatic heterocycles. The average Bonchev–Trinajstić information content (AvgIpc) is 2.90. The molecule has 184 valence electrons. The van der Waals surface area contributed by atoms with E-state index in [1.807, 2.05) is 92.7 Å². The molecule has 0 aliphatic carbocycles. The fourth-order valence-corrected chi connectivity index (χ4v) is 4.61. The van der Waals surface area contributed by atoms with Crippen LogP contribution in [0.2, 0.25) is 0 Å². The standard InChI is InChI=1S/C29H29N3O3S/c1-4-35-28(34)25-26(21-11-7-5-8-12-21)31-29(32-27(25)22-13-9-6-10-14-22)36-18-24(33)30-23-17-19(2)15-16-20(23)3/h5-17,26H,4,18H2,1-3H3,(H,30,33)(H,31,32)/t26-/m0/s1. The van der Waals surface area contributed by atoms with Gasteiger partial charge in [-0.2, -0.15) is 0 Å². The lowest BCUT2D eigenvalue weighted by atomic mass is 9.94. The lowest BCUT2D eigenvalue weighted by Crippen LogP contribution is -2.31. The van der Waals surface area contributed by atoms with Gasteiger partial charge in [0.05, 0.1) is 23.6 Å². The molecule has 3 aromatic rings. The van der Waals surface area contributed by atoms with E-state index in [-0.39, 0.29) is 18.3 Å². The Balaban J connectivity index is 1.64. The Morgan fingerprint density at radius 1 is 1.00 bits per heavy atom. The predicted molar refractivity (Wildman–Crippen MR) is 147 cm³/mol. The molecule has 7 heteroatoms. The van der Waals surface area contributed by atoms with E-state index in [0.717, 1.165) is 27.9 Å². The molecule has 0 unspecified atom stereocenters. The number of amides is 1. The average molecular weight is 500 g/mol. The van der Waals surface area contributed by atoms with E-state index in [1.165, 1.54) is 11.8 Å². The van der Waals surface area contributed by atoms with Crippen LogP contribution >= 0.6 is 11.8 Å². The first-order chi connectivity index (χ1) is 17.5. The Morgan fingerprint density at radius 3 is 2.39 bits per heavy atom. The maximum atomic E-state index is 13.1. The number of aliphatic imine (C=N–C) groups is 1. The molecule has 1 aliphatic rings. The monoisotopic (exact) mass is 499 g/mol. The van der Waals surface area contributed by atoms with E-state index in [1.54, 1.807) is 6.92 Å². The third-order valence-corrected chi connectivity index (χ3v) is 6.59. The Morgan fingerprint density at radius 2 is 1.69 bits per heavy atom. The number of hydrogen-bond acceptors (Lipinski definition) is 6. The lowest BCUT2D eigenvalue weighted by molar-refractivity contribution is -0.138. The van der Waals surface area contributed by atoms with Crippen molar-refractivity contribution in [3.8, 4) is 0 Å². The summed E-state index contributed by atoms with van der Waals surface area (Å²) in [4.78, 5) is 30.8. The summed E-state index contributed by atoms with van der Waals surface area (Å²) in [6.45, 7) is 6.00. The molecule has 36 heavy (non-hydrogen) atoms. The Labute approximate surface area is 215 Å². The van der Waals surface area contributed by atoms with Crippen molar-refractivity contribution in [2.45, 2.75) is 26.8 Å². The third-order valence-electron chi connectivity index (χ3n) is 5.70. The number of thioether (sulfide) groups is 1. The van der Waals surface area contributed by atoms with Crippen LogP contribution in [0.25, 0.3) is 5.70 Å². The number of ether oxygens (including phenoxy) is 1. The smallest absolute Gasteiger partial charge is 0.338 e. The first-order valence-corrected chi connectivity index (χ1v) is 12.8. The van der Waals surface area contributed by atoms with Gasteiger partial charge in [-0.15, -0.1) is 0 Å². The molecule has 0 fully saturated rings. The van der Waals surface area contributed by atoms with Crippen LogP contribution in [0.4, 0.5) is 5.69 Å². The van der Waals surface area contributed by atoms with Crippen molar-refractivity contribution in [1.82, 2.24) is 5.32 Å². The highest BCUT2D eigenvalue weighted by atomic mass is 32.2. The van der Waals surface area contributed by atoms with E-state index in [0.29, 0.717) is 16.4 Å². The molecule has 1 heterocycles. The zero-order valence-corrected chi connectivity index (χ0v) is 21.4. The largest absolute Gasteiger partial charge is 0.463 e. The van der Waals surface area contributed by atoms with Gasteiger partial charge in [-0.05, 0) is 49.1 Å². The van der Waals surface area contributed by atoms with Crippen LogP contribution in [0.15, 0.2) is 89.4 Å². The molecule has 0 saturated carbocycles. The number of nitrogens with one attached hydrogen (secondary N) is 2. The molecule has 0 radical (unpaired) electrons. The Kier molecular flexibility index (Phi) is 8.23. The summed E-state index contributed by atoms with van der Waals surface area (Å²) >= 11 is 1.30. The van der Waals surface area contributed by atoms with Crippen molar-refractivity contribution in [2.75, 3.05) is 17.7 Å². The van der Waals surface area contributed by atoms with Gasteiger partial charge in [0, 0.05) is 5.69 Å². The first kappa shape index (κ1) is 25.3. The molecule has 1 atom stereocenters. The van der Waals surface area contributed by atoms with E-state index < -0.39 is 12.0 Å². The van der Waals surface area contributed by atoms with Crippen LogP contribution in [0.1, 0.15) is 35.2 Å². The van der Waals surface area contributed by atoms with Crippen LogP contribution in [0.3, 0.4) is 0 Å². The highest BCUT2D eigenvalue weighted by Crippen LogP contribution is 2.36. The second-order valence-electron chi connectivity index (χ2n) is 8.40. The van der Waals surface area contributed by atoms with Gasteiger partial charge in [0.25, 0.3) is 0 Å². The number of hydrogen-bond donors (Lipinski definition) is 2. The van der Waals surface area contributed by atoms with Gasteiger partial charge in [-0.25, -0.2) is 9.79 Å². The molecule has 1 aliphatic heterocycles. The number of benzene rings is 3. The predicted octanol–water partition coefficient (Wildman–Crippen LogP) is 5.65. The van der Waals surface area contributed by atoms with Crippen LogP contribution in [0, 0.1) is 13.8 Å². The first-order valence-electron chi connectivity index (χ1n) is 11.8. The second-order valence-corrected chi connectivity index (χ2v) is 9.37. The van der Waals surface area contributed by atoms with E-state index in [4.69, 9.17) is 9.73 Å². The van der Waals surface area contributed by atoms with Crippen molar-refractivity contribution >= 4 is 40.2 Å². The van der Waals surface area contributed by atoms with Crippen LogP contribution in [-0.4, -0.2) is 29.4 Å². The normalized spacial score (nSPS) is 15.1. The molecule has 2 N–H and O–H groups in total. The molecule has 0 saturated heterocycles. The summed E-state index contributed by atoms with van der Waals surface area (Å²) in [5, 5.41) is 6.86. The van der Waals surface area contributed by atoms with Crippen molar-refractivity contribution in [3.63, 3.8) is 0 Å².